The van der Waals surface area contributed by atoms with Crippen LogP contribution in [-0.2, 0) is 16.1 Å². The molecule has 1 aromatic carbocycles. The summed E-state index contributed by atoms with van der Waals surface area (Å²) >= 11 is 5.72. The van der Waals surface area contributed by atoms with Gasteiger partial charge in [0.25, 0.3) is 0 Å². The van der Waals surface area contributed by atoms with Crippen molar-refractivity contribution in [3.8, 4) is 0 Å². The summed E-state index contributed by atoms with van der Waals surface area (Å²) in [6.45, 7) is 6.52. The van der Waals surface area contributed by atoms with Gasteiger partial charge in [0.15, 0.2) is 0 Å². The van der Waals surface area contributed by atoms with Crippen LogP contribution in [0.5, 0.6) is 0 Å². The van der Waals surface area contributed by atoms with Crippen molar-refractivity contribution in [3.05, 3.63) is 47.3 Å². The molecule has 19 heavy (non-hydrogen) atoms. The fraction of sp³-hybridized carbons (Fsp3) is 0.357. The fourth-order valence-corrected chi connectivity index (χ4v) is 1.86. The first-order chi connectivity index (χ1) is 9.08. The summed E-state index contributed by atoms with van der Waals surface area (Å²) in [4.78, 5) is 13.2. The Bertz CT molecular complexity index is 451. The normalized spacial score (nSPS) is 10.5. The second-order valence-corrected chi connectivity index (χ2v) is 4.38. The highest BCUT2D eigenvalue weighted by atomic mass is 35.5. The van der Waals surface area contributed by atoms with E-state index in [0.717, 1.165) is 0 Å². The molecule has 0 aromatic heterocycles. The Balaban J connectivity index is 2.74. The molecule has 0 bridgehead atoms. The Morgan fingerprint density at radius 2 is 2.32 bits per heavy atom. The van der Waals surface area contributed by atoms with Gasteiger partial charge in [-0.1, -0.05) is 29.8 Å². The zero-order chi connectivity index (χ0) is 14.3. The van der Waals surface area contributed by atoms with E-state index < -0.39 is 5.82 Å². The highest BCUT2D eigenvalue weighted by Crippen LogP contribution is 2.19. The fourth-order valence-electron chi connectivity index (χ4n) is 1.67. The lowest BCUT2D eigenvalue weighted by Gasteiger charge is -2.20. The summed E-state index contributed by atoms with van der Waals surface area (Å²) in [5.41, 5.74) is 0.443. The second-order valence-electron chi connectivity index (χ2n) is 3.98. The zero-order valence-corrected chi connectivity index (χ0v) is 11.6. The van der Waals surface area contributed by atoms with Gasteiger partial charge in [0.2, 0.25) is 0 Å². The number of rotatable bonds is 7. The molecule has 0 aliphatic heterocycles. The molecule has 0 fully saturated rings. The summed E-state index contributed by atoms with van der Waals surface area (Å²) in [5, 5.41) is 0.0761. The van der Waals surface area contributed by atoms with Crippen LogP contribution in [0.25, 0.3) is 0 Å². The molecule has 0 amide bonds. The molecule has 1 aromatic rings. The minimum Gasteiger partial charge on any atom is -0.465 e. The molecule has 0 radical (unpaired) electrons. The molecule has 1 rings (SSSR count). The van der Waals surface area contributed by atoms with Gasteiger partial charge in [0.1, 0.15) is 5.82 Å². The minimum absolute atomic E-state index is 0.0761. The van der Waals surface area contributed by atoms with E-state index in [0.29, 0.717) is 18.7 Å². The first-order valence-electron chi connectivity index (χ1n) is 6.00. The van der Waals surface area contributed by atoms with E-state index >= 15 is 0 Å². The molecule has 0 N–H and O–H groups in total. The van der Waals surface area contributed by atoms with Gasteiger partial charge in [0.05, 0.1) is 18.2 Å². The zero-order valence-electron chi connectivity index (χ0n) is 10.9. The summed E-state index contributed by atoms with van der Waals surface area (Å²) in [7, 11) is 0. The lowest BCUT2D eigenvalue weighted by Crippen LogP contribution is -2.31. The largest absolute Gasteiger partial charge is 0.465 e. The third-order valence-corrected chi connectivity index (χ3v) is 2.76. The van der Waals surface area contributed by atoms with Crippen molar-refractivity contribution in [1.29, 1.82) is 0 Å². The lowest BCUT2D eigenvalue weighted by atomic mass is 10.2. The predicted molar refractivity (Wildman–Crippen MR) is 73.5 cm³/mol. The maximum atomic E-state index is 13.8. The average molecular weight is 286 g/mol. The average Bonchev–Trinajstić information content (AvgIpc) is 2.35. The Morgan fingerprint density at radius 1 is 1.58 bits per heavy atom. The molecule has 0 saturated carbocycles. The number of hydrogen-bond donors (Lipinski definition) is 0. The standard InChI is InChI=1S/C14H17ClFNO2/c1-3-8-17(10-13(18)19-4-2)9-11-6-5-7-12(15)14(11)16/h3,5-7H,1,4,8-10H2,2H3. The van der Waals surface area contributed by atoms with Crippen molar-refractivity contribution in [2.75, 3.05) is 19.7 Å². The third kappa shape index (κ3) is 5.01. The van der Waals surface area contributed by atoms with Crippen LogP contribution in [0.1, 0.15) is 12.5 Å². The molecule has 0 saturated heterocycles. The number of esters is 1. The maximum Gasteiger partial charge on any atom is 0.320 e. The van der Waals surface area contributed by atoms with Crippen LogP contribution in [0.15, 0.2) is 30.9 Å². The highest BCUT2D eigenvalue weighted by Gasteiger charge is 2.14. The Kier molecular flexibility index (Phi) is 6.53. The molecular weight excluding hydrogens is 269 g/mol. The number of carbonyl (C=O) groups excluding carboxylic acids is 1. The van der Waals surface area contributed by atoms with Gasteiger partial charge in [0, 0.05) is 18.7 Å². The SMILES string of the molecule is C=CCN(CC(=O)OCC)Cc1cccc(Cl)c1F. The van der Waals surface area contributed by atoms with Crippen molar-refractivity contribution in [1.82, 2.24) is 4.90 Å². The Hall–Kier alpha value is -1.39. The summed E-state index contributed by atoms with van der Waals surface area (Å²) in [6, 6.07) is 4.81. The molecule has 0 spiro atoms. The molecular formula is C14H17ClFNO2. The van der Waals surface area contributed by atoms with E-state index in [-0.39, 0.29) is 24.1 Å². The summed E-state index contributed by atoms with van der Waals surface area (Å²) in [5.74, 6) is -0.797. The van der Waals surface area contributed by atoms with Gasteiger partial charge < -0.3 is 4.74 Å². The molecule has 0 unspecified atom stereocenters. The van der Waals surface area contributed by atoms with E-state index in [4.69, 9.17) is 16.3 Å². The van der Waals surface area contributed by atoms with E-state index in [1.807, 2.05) is 0 Å². The highest BCUT2D eigenvalue weighted by molar-refractivity contribution is 6.30. The van der Waals surface area contributed by atoms with Crippen LogP contribution in [0.2, 0.25) is 5.02 Å². The van der Waals surface area contributed by atoms with Crippen LogP contribution in [0.4, 0.5) is 4.39 Å². The van der Waals surface area contributed by atoms with Crippen molar-refractivity contribution in [2.45, 2.75) is 13.5 Å². The number of carbonyl (C=O) groups is 1. The number of hydrogen-bond acceptors (Lipinski definition) is 3. The summed E-state index contributed by atoms with van der Waals surface area (Å²) in [6.07, 6.45) is 1.65. The van der Waals surface area contributed by atoms with Crippen LogP contribution >= 0.6 is 11.6 Å². The molecule has 0 aliphatic carbocycles. The van der Waals surface area contributed by atoms with Crippen molar-refractivity contribution >= 4 is 17.6 Å². The van der Waals surface area contributed by atoms with Crippen LogP contribution in [0, 0.1) is 5.82 Å². The second kappa shape index (κ2) is 7.92. The van der Waals surface area contributed by atoms with Gasteiger partial charge in [-0.3, -0.25) is 9.69 Å². The smallest absolute Gasteiger partial charge is 0.320 e. The van der Waals surface area contributed by atoms with E-state index in [1.165, 1.54) is 6.07 Å². The monoisotopic (exact) mass is 285 g/mol. The first kappa shape index (κ1) is 15.7. The Morgan fingerprint density at radius 3 is 2.95 bits per heavy atom. The first-order valence-corrected chi connectivity index (χ1v) is 6.38. The van der Waals surface area contributed by atoms with Crippen molar-refractivity contribution < 1.29 is 13.9 Å². The van der Waals surface area contributed by atoms with Crippen molar-refractivity contribution in [3.63, 3.8) is 0 Å². The molecule has 3 nitrogen and oxygen atoms in total. The van der Waals surface area contributed by atoms with Crippen LogP contribution in [-0.4, -0.2) is 30.6 Å². The van der Waals surface area contributed by atoms with Crippen LogP contribution in [0.3, 0.4) is 0 Å². The lowest BCUT2D eigenvalue weighted by molar-refractivity contribution is -0.144. The molecule has 0 aliphatic rings. The van der Waals surface area contributed by atoms with Gasteiger partial charge in [-0.2, -0.15) is 0 Å². The van der Waals surface area contributed by atoms with Crippen LogP contribution < -0.4 is 0 Å². The van der Waals surface area contributed by atoms with E-state index in [1.54, 1.807) is 30.0 Å². The number of halogens is 2. The van der Waals surface area contributed by atoms with Gasteiger partial charge >= 0.3 is 5.97 Å². The number of benzene rings is 1. The van der Waals surface area contributed by atoms with Crippen molar-refractivity contribution in [2.24, 2.45) is 0 Å². The number of nitrogens with zero attached hydrogens (tertiary/aromatic N) is 1. The number of ether oxygens (including phenoxy) is 1. The van der Waals surface area contributed by atoms with E-state index in [2.05, 4.69) is 6.58 Å². The van der Waals surface area contributed by atoms with Gasteiger partial charge in [-0.15, -0.1) is 6.58 Å². The molecule has 0 heterocycles. The van der Waals surface area contributed by atoms with E-state index in [9.17, 15) is 9.18 Å². The van der Waals surface area contributed by atoms with Gasteiger partial charge in [-0.05, 0) is 13.0 Å². The predicted octanol–water partition coefficient (Wildman–Crippen LogP) is 3.03. The Labute approximate surface area is 117 Å². The maximum absolute atomic E-state index is 13.8. The third-order valence-electron chi connectivity index (χ3n) is 2.47. The summed E-state index contributed by atoms with van der Waals surface area (Å²) < 4.78 is 18.7. The molecule has 104 valence electrons. The van der Waals surface area contributed by atoms with Gasteiger partial charge in [-0.25, -0.2) is 4.39 Å². The molecule has 5 heteroatoms. The topological polar surface area (TPSA) is 29.5 Å². The minimum atomic E-state index is -0.456. The molecule has 0 atom stereocenters. The quantitative estimate of drug-likeness (QED) is 0.570.